The van der Waals surface area contributed by atoms with Crippen molar-refractivity contribution in [3.63, 3.8) is 0 Å². The Morgan fingerprint density at radius 3 is 2.52 bits per heavy atom. The lowest BCUT2D eigenvalue weighted by Crippen LogP contribution is -2.38. The monoisotopic (exact) mass is 497 g/mol. The molecule has 0 unspecified atom stereocenters. The van der Waals surface area contributed by atoms with Crippen molar-refractivity contribution < 1.29 is 8.42 Å². The van der Waals surface area contributed by atoms with Gasteiger partial charge in [0.05, 0.1) is 6.54 Å². The molecule has 0 aliphatic carbocycles. The molecule has 140 valence electrons. The number of rotatable bonds is 7. The van der Waals surface area contributed by atoms with E-state index in [0.29, 0.717) is 16.7 Å². The van der Waals surface area contributed by atoms with Crippen molar-refractivity contribution >= 4 is 51.3 Å². The molecule has 0 saturated heterocycles. The number of aromatic nitrogens is 1. The van der Waals surface area contributed by atoms with Crippen LogP contribution >= 0.6 is 35.3 Å². The van der Waals surface area contributed by atoms with Crippen LogP contribution in [0.2, 0.25) is 0 Å². The van der Waals surface area contributed by atoms with Crippen LogP contribution in [-0.4, -0.2) is 50.9 Å². The SMILES string of the molecule is CN=C(NCCn1cccc1)NCc1ccc(S(=O)(=O)N(C)C)s1.I. The quantitative estimate of drug-likeness (QED) is 0.348. The minimum atomic E-state index is -3.36. The summed E-state index contributed by atoms with van der Waals surface area (Å²) >= 11 is 1.26. The second-order valence-corrected chi connectivity index (χ2v) is 8.83. The third-order valence-corrected chi connectivity index (χ3v) is 6.72. The molecule has 2 aromatic heterocycles. The van der Waals surface area contributed by atoms with Gasteiger partial charge in [0.15, 0.2) is 5.96 Å². The molecular formula is C15H24IN5O2S2. The van der Waals surface area contributed by atoms with E-state index < -0.39 is 10.0 Å². The number of thiophene rings is 1. The number of halogens is 1. The Morgan fingerprint density at radius 1 is 1.24 bits per heavy atom. The third kappa shape index (κ3) is 6.28. The molecule has 7 nitrogen and oxygen atoms in total. The zero-order valence-electron chi connectivity index (χ0n) is 14.5. The summed E-state index contributed by atoms with van der Waals surface area (Å²) in [5.74, 6) is 0.688. The van der Waals surface area contributed by atoms with E-state index in [9.17, 15) is 8.42 Å². The van der Waals surface area contributed by atoms with E-state index in [1.54, 1.807) is 13.1 Å². The van der Waals surface area contributed by atoms with Crippen LogP contribution in [0, 0.1) is 0 Å². The highest BCUT2D eigenvalue weighted by Gasteiger charge is 2.19. The zero-order valence-corrected chi connectivity index (χ0v) is 18.4. The first-order valence-corrected chi connectivity index (χ1v) is 9.75. The average molecular weight is 497 g/mol. The van der Waals surface area contributed by atoms with Crippen LogP contribution in [0.25, 0.3) is 0 Å². The van der Waals surface area contributed by atoms with Gasteiger partial charge in [0, 0.05) is 51.5 Å². The molecule has 0 fully saturated rings. The van der Waals surface area contributed by atoms with Crippen LogP contribution < -0.4 is 10.6 Å². The maximum atomic E-state index is 12.1. The molecule has 0 amide bonds. The Hall–Kier alpha value is -1.11. The van der Waals surface area contributed by atoms with Gasteiger partial charge in [0.2, 0.25) is 0 Å². The average Bonchev–Trinajstić information content (AvgIpc) is 3.22. The van der Waals surface area contributed by atoms with Gasteiger partial charge in [-0.1, -0.05) is 0 Å². The number of nitrogens with zero attached hydrogens (tertiary/aromatic N) is 3. The second kappa shape index (κ2) is 10.1. The van der Waals surface area contributed by atoms with Crippen LogP contribution in [0.15, 0.2) is 45.9 Å². The molecule has 25 heavy (non-hydrogen) atoms. The molecular weight excluding hydrogens is 473 g/mol. The van der Waals surface area contributed by atoms with E-state index >= 15 is 0 Å². The molecule has 0 aliphatic rings. The summed E-state index contributed by atoms with van der Waals surface area (Å²) in [6, 6.07) is 7.44. The van der Waals surface area contributed by atoms with Crippen LogP contribution in [0.4, 0.5) is 0 Å². The molecule has 2 heterocycles. The Balaban J connectivity index is 0.00000312. The van der Waals surface area contributed by atoms with Gasteiger partial charge in [-0.05, 0) is 24.3 Å². The first-order valence-electron chi connectivity index (χ1n) is 7.50. The largest absolute Gasteiger partial charge is 0.355 e. The number of nitrogens with one attached hydrogen (secondary N) is 2. The van der Waals surface area contributed by atoms with Crippen LogP contribution in [0.1, 0.15) is 4.88 Å². The summed E-state index contributed by atoms with van der Waals surface area (Å²) in [4.78, 5) is 5.10. The Kier molecular flexibility index (Phi) is 8.89. The number of hydrogen-bond acceptors (Lipinski definition) is 4. The van der Waals surface area contributed by atoms with E-state index in [1.807, 2.05) is 30.6 Å². The minimum Gasteiger partial charge on any atom is -0.355 e. The molecule has 0 radical (unpaired) electrons. The lowest BCUT2D eigenvalue weighted by molar-refractivity contribution is 0.523. The maximum Gasteiger partial charge on any atom is 0.252 e. The summed E-state index contributed by atoms with van der Waals surface area (Å²) in [6.45, 7) is 2.12. The second-order valence-electron chi connectivity index (χ2n) is 5.28. The van der Waals surface area contributed by atoms with Crippen molar-refractivity contribution in [2.45, 2.75) is 17.3 Å². The molecule has 0 atom stereocenters. The van der Waals surface area contributed by atoms with Gasteiger partial charge >= 0.3 is 0 Å². The number of aliphatic imine (C=N–C) groups is 1. The number of hydrogen-bond donors (Lipinski definition) is 2. The standard InChI is InChI=1S/C15H23N5O2S2.HI/c1-16-15(17-8-11-20-9-4-5-10-20)18-12-13-6-7-14(23-13)24(21,22)19(2)3;/h4-7,9-10H,8,11-12H2,1-3H3,(H2,16,17,18);1H. The smallest absolute Gasteiger partial charge is 0.252 e. The van der Waals surface area contributed by atoms with E-state index in [4.69, 9.17) is 0 Å². The first kappa shape index (κ1) is 21.9. The highest BCUT2D eigenvalue weighted by molar-refractivity contribution is 14.0. The highest BCUT2D eigenvalue weighted by atomic mass is 127. The topological polar surface area (TPSA) is 78.7 Å². The summed E-state index contributed by atoms with van der Waals surface area (Å²) < 4.78 is 27.8. The van der Waals surface area contributed by atoms with Gasteiger partial charge in [0.1, 0.15) is 4.21 Å². The summed E-state index contributed by atoms with van der Waals surface area (Å²) in [5.41, 5.74) is 0. The van der Waals surface area contributed by atoms with E-state index in [2.05, 4.69) is 20.2 Å². The van der Waals surface area contributed by atoms with Crippen LogP contribution in [0.3, 0.4) is 0 Å². The van der Waals surface area contributed by atoms with Gasteiger partial charge < -0.3 is 15.2 Å². The highest BCUT2D eigenvalue weighted by Crippen LogP contribution is 2.23. The van der Waals surface area contributed by atoms with E-state index in [0.717, 1.165) is 18.0 Å². The molecule has 0 aliphatic heterocycles. The summed E-state index contributed by atoms with van der Waals surface area (Å²) in [5, 5.41) is 6.42. The van der Waals surface area contributed by atoms with Gasteiger partial charge in [-0.25, -0.2) is 12.7 Å². The number of sulfonamides is 1. The fraction of sp³-hybridized carbons (Fsp3) is 0.400. The fourth-order valence-electron chi connectivity index (χ4n) is 1.99. The zero-order chi connectivity index (χ0) is 17.6. The molecule has 0 saturated carbocycles. The summed E-state index contributed by atoms with van der Waals surface area (Å²) in [7, 11) is 1.41. The predicted octanol–water partition coefficient (Wildman–Crippen LogP) is 1.78. The maximum absolute atomic E-state index is 12.1. The lowest BCUT2D eigenvalue weighted by Gasteiger charge is -2.11. The Morgan fingerprint density at radius 2 is 1.92 bits per heavy atom. The van der Waals surface area contributed by atoms with Crippen molar-refractivity contribution in [1.29, 1.82) is 0 Å². The van der Waals surface area contributed by atoms with Crippen molar-refractivity contribution in [2.75, 3.05) is 27.7 Å². The minimum absolute atomic E-state index is 0. The van der Waals surface area contributed by atoms with Crippen LogP contribution in [0.5, 0.6) is 0 Å². The Labute approximate surface area is 170 Å². The van der Waals surface area contributed by atoms with Crippen molar-refractivity contribution in [3.8, 4) is 0 Å². The van der Waals surface area contributed by atoms with Crippen molar-refractivity contribution in [2.24, 2.45) is 4.99 Å². The van der Waals surface area contributed by atoms with Gasteiger partial charge in [-0.3, -0.25) is 4.99 Å². The third-order valence-electron chi connectivity index (χ3n) is 3.35. The predicted molar refractivity (Wildman–Crippen MR) is 113 cm³/mol. The van der Waals surface area contributed by atoms with E-state index in [-0.39, 0.29) is 24.0 Å². The normalized spacial score (nSPS) is 12.1. The van der Waals surface area contributed by atoms with E-state index in [1.165, 1.54) is 29.7 Å². The summed E-state index contributed by atoms with van der Waals surface area (Å²) in [6.07, 6.45) is 4.02. The van der Waals surface area contributed by atoms with Crippen molar-refractivity contribution in [3.05, 3.63) is 41.5 Å². The molecule has 0 aromatic carbocycles. The molecule has 2 aromatic rings. The molecule has 0 bridgehead atoms. The lowest BCUT2D eigenvalue weighted by atomic mass is 10.4. The van der Waals surface area contributed by atoms with Crippen molar-refractivity contribution in [1.82, 2.24) is 19.5 Å². The molecule has 0 spiro atoms. The first-order chi connectivity index (χ1) is 11.4. The van der Waals surface area contributed by atoms with Crippen LogP contribution in [-0.2, 0) is 23.1 Å². The Bertz CT molecular complexity index is 770. The van der Waals surface area contributed by atoms with Gasteiger partial charge in [-0.2, -0.15) is 0 Å². The molecule has 2 rings (SSSR count). The number of guanidine groups is 1. The molecule has 10 heteroatoms. The molecule has 2 N–H and O–H groups in total. The van der Waals surface area contributed by atoms with Gasteiger partial charge in [0.25, 0.3) is 10.0 Å². The fourth-order valence-corrected chi connectivity index (χ4v) is 4.45. The van der Waals surface area contributed by atoms with Gasteiger partial charge in [-0.15, -0.1) is 35.3 Å².